The maximum Gasteiger partial charge on any atom is 0.333 e. The number of anilines is 1. The fourth-order valence-electron chi connectivity index (χ4n) is 7.40. The molecule has 2 aliphatic carbocycles. The molecule has 12 heteroatoms. The molecule has 0 saturated carbocycles. The molecular formula is C39H46N3O8S+. The van der Waals surface area contributed by atoms with Crippen molar-refractivity contribution in [1.82, 2.24) is 9.64 Å². The van der Waals surface area contributed by atoms with Gasteiger partial charge in [-0.25, -0.2) is 9.37 Å². The lowest BCUT2D eigenvalue weighted by molar-refractivity contribution is -0.197. The lowest BCUT2D eigenvalue weighted by Gasteiger charge is -2.27. The quantitative estimate of drug-likeness (QED) is 0.109. The van der Waals surface area contributed by atoms with Gasteiger partial charge in [-0.2, -0.15) is 8.42 Å². The predicted octanol–water partition coefficient (Wildman–Crippen LogP) is 6.01. The Kier molecular flexibility index (Phi) is 10.4. The summed E-state index contributed by atoms with van der Waals surface area (Å²) in [6.07, 6.45) is 9.06. The van der Waals surface area contributed by atoms with E-state index in [0.717, 1.165) is 77.3 Å². The molecule has 3 heterocycles. The molecule has 0 aromatic heterocycles. The van der Waals surface area contributed by atoms with Gasteiger partial charge in [-0.15, -0.1) is 5.06 Å². The summed E-state index contributed by atoms with van der Waals surface area (Å²) < 4.78 is 43.0. The number of hydrogen-bond donors (Lipinski definition) is 1. The summed E-state index contributed by atoms with van der Waals surface area (Å²) in [6.45, 7) is 10.8. The molecule has 0 spiro atoms. The van der Waals surface area contributed by atoms with Crippen LogP contribution in [0.5, 0.6) is 0 Å². The van der Waals surface area contributed by atoms with Crippen molar-refractivity contribution in [2.75, 3.05) is 24.5 Å². The molecule has 5 aliphatic rings. The molecule has 270 valence electrons. The lowest BCUT2D eigenvalue weighted by Crippen LogP contribution is -2.32. The van der Waals surface area contributed by atoms with Crippen LogP contribution in [-0.4, -0.2) is 55.5 Å². The molecule has 0 bridgehead atoms. The van der Waals surface area contributed by atoms with Crippen LogP contribution in [0.1, 0.15) is 95.9 Å². The van der Waals surface area contributed by atoms with Gasteiger partial charge >= 0.3 is 5.97 Å². The standard InChI is InChI=1S/C39H45N3O8S/c1-5-40(6-2)29-16-14-27-23-28-12-10-11-26(38(28)49-33(27)24-29)15-19-34-39(3,4)31-25-30(51(46,47)48)17-18-32(31)41(34)22-9-7-8-13-37(45)50-42-35(43)20-21-36(42)44/h14-19,23-25H,5-13,20-22H2,1-4H3/p+1. The van der Waals surface area contributed by atoms with Crippen LogP contribution in [0.2, 0.25) is 0 Å². The Morgan fingerprint density at radius 1 is 0.961 bits per heavy atom. The Morgan fingerprint density at radius 2 is 1.71 bits per heavy atom. The number of carbonyl (C=O) groups is 3. The molecule has 0 atom stereocenters. The minimum absolute atomic E-state index is 0.0496. The molecule has 1 N–H and O–H groups in total. The number of carbonyl (C=O) groups excluding carboxylic acids is 3. The largest absolute Gasteiger partial charge is 0.456 e. The van der Waals surface area contributed by atoms with Crippen molar-refractivity contribution in [3.63, 3.8) is 0 Å². The van der Waals surface area contributed by atoms with Crippen LogP contribution in [0.15, 0.2) is 69.6 Å². The van der Waals surface area contributed by atoms with Gasteiger partial charge in [0.25, 0.3) is 21.9 Å². The third kappa shape index (κ3) is 7.43. The van der Waals surface area contributed by atoms with Crippen LogP contribution >= 0.6 is 0 Å². The molecule has 1 saturated heterocycles. The van der Waals surface area contributed by atoms with Crippen molar-refractivity contribution in [3.05, 3.63) is 82.6 Å². The maximum atomic E-state index is 12.3. The third-order valence-corrected chi connectivity index (χ3v) is 11.1. The number of nitrogens with zero attached hydrogens (tertiary/aromatic N) is 3. The normalized spacial score (nSPS) is 18.5. The van der Waals surface area contributed by atoms with E-state index >= 15 is 0 Å². The number of fused-ring (bicyclic) bond motifs is 3. The lowest BCUT2D eigenvalue weighted by atomic mass is 9.83. The van der Waals surface area contributed by atoms with E-state index in [1.165, 1.54) is 11.6 Å². The number of amides is 2. The van der Waals surface area contributed by atoms with E-state index in [2.05, 4.69) is 59.7 Å². The highest BCUT2D eigenvalue weighted by atomic mass is 32.2. The zero-order valence-corrected chi connectivity index (χ0v) is 30.6. The van der Waals surface area contributed by atoms with Gasteiger partial charge in [0, 0.05) is 54.2 Å². The Bertz CT molecular complexity index is 2070. The highest BCUT2D eigenvalue weighted by Crippen LogP contribution is 2.49. The van der Waals surface area contributed by atoms with E-state index < -0.39 is 33.3 Å². The molecule has 1 fully saturated rings. The zero-order valence-electron chi connectivity index (χ0n) is 29.7. The summed E-state index contributed by atoms with van der Waals surface area (Å²) in [5.74, 6) is 0.108. The number of rotatable bonds is 11. The van der Waals surface area contributed by atoms with Crippen LogP contribution in [0.25, 0.3) is 16.9 Å². The summed E-state index contributed by atoms with van der Waals surface area (Å²) in [4.78, 5) is 42.9. The van der Waals surface area contributed by atoms with Crippen molar-refractivity contribution in [3.8, 4) is 11.3 Å². The first-order valence-electron chi connectivity index (χ1n) is 17.8. The highest BCUT2D eigenvalue weighted by molar-refractivity contribution is 7.85. The molecular weight excluding hydrogens is 671 g/mol. The summed E-state index contributed by atoms with van der Waals surface area (Å²) in [5, 5.41) is 1.70. The Labute approximate surface area is 298 Å². The molecule has 0 radical (unpaired) electrons. The van der Waals surface area contributed by atoms with Crippen molar-refractivity contribution >= 4 is 39.2 Å². The van der Waals surface area contributed by atoms with Gasteiger partial charge in [0.05, 0.1) is 11.0 Å². The van der Waals surface area contributed by atoms with Crippen LogP contribution in [0.4, 0.5) is 5.69 Å². The average molecular weight is 717 g/mol. The number of unbranched alkanes of at least 4 members (excludes halogenated alkanes) is 2. The molecule has 3 aliphatic heterocycles. The van der Waals surface area contributed by atoms with Crippen LogP contribution in [0.3, 0.4) is 0 Å². The Hall–Kier alpha value is -4.55. The van der Waals surface area contributed by atoms with E-state index in [9.17, 15) is 27.4 Å². The second kappa shape index (κ2) is 14.6. The second-order valence-corrected chi connectivity index (χ2v) is 15.3. The predicted molar refractivity (Wildman–Crippen MR) is 193 cm³/mol. The van der Waals surface area contributed by atoms with Crippen LogP contribution < -0.4 is 14.8 Å². The minimum atomic E-state index is -4.41. The summed E-state index contributed by atoms with van der Waals surface area (Å²) in [7, 11) is -4.41. The van der Waals surface area contributed by atoms with Gasteiger partial charge in [-0.05, 0) is 99.1 Å². The molecule has 1 aromatic rings. The molecule has 1 aromatic carbocycles. The van der Waals surface area contributed by atoms with Gasteiger partial charge in [0.15, 0.2) is 0 Å². The Balaban J connectivity index is 1.27. The number of aryl methyl sites for hydroxylation is 1. The van der Waals surface area contributed by atoms with E-state index in [-0.39, 0.29) is 24.2 Å². The molecule has 51 heavy (non-hydrogen) atoms. The zero-order chi connectivity index (χ0) is 36.5. The van der Waals surface area contributed by atoms with Gasteiger partial charge in [0.1, 0.15) is 24.6 Å². The average Bonchev–Trinajstić information content (AvgIpc) is 3.52. The highest BCUT2D eigenvalue weighted by Gasteiger charge is 2.40. The summed E-state index contributed by atoms with van der Waals surface area (Å²) >= 11 is 0. The number of benzene rings is 2. The number of hydroxylamine groups is 2. The molecule has 2 amide bonds. The van der Waals surface area contributed by atoms with Crippen molar-refractivity contribution in [2.45, 2.75) is 95.8 Å². The summed E-state index contributed by atoms with van der Waals surface area (Å²) in [6, 6.07) is 13.3. The van der Waals surface area contributed by atoms with E-state index in [0.29, 0.717) is 30.9 Å². The minimum Gasteiger partial charge on any atom is -0.456 e. The number of imide groups is 1. The first-order chi connectivity index (χ1) is 24.3. The fourth-order valence-corrected chi connectivity index (χ4v) is 7.91. The van der Waals surface area contributed by atoms with Gasteiger partial charge < -0.3 is 14.2 Å². The van der Waals surface area contributed by atoms with Crippen molar-refractivity contribution in [2.24, 2.45) is 0 Å². The summed E-state index contributed by atoms with van der Waals surface area (Å²) in [5.41, 5.74) is 5.36. The smallest absolute Gasteiger partial charge is 0.333 e. The monoisotopic (exact) mass is 716 g/mol. The van der Waals surface area contributed by atoms with Crippen LogP contribution in [0, 0.1) is 0 Å². The van der Waals surface area contributed by atoms with Gasteiger partial charge in [-0.3, -0.25) is 14.1 Å². The maximum absolute atomic E-state index is 12.3. The van der Waals surface area contributed by atoms with Gasteiger partial charge in [0.2, 0.25) is 5.36 Å². The first-order valence-corrected chi connectivity index (χ1v) is 19.3. The second-order valence-electron chi connectivity index (χ2n) is 13.9. The van der Waals surface area contributed by atoms with Crippen molar-refractivity contribution < 1.29 is 36.6 Å². The van der Waals surface area contributed by atoms with E-state index in [1.807, 2.05) is 13.8 Å². The number of hydrogen-bond acceptors (Lipinski definition) is 8. The van der Waals surface area contributed by atoms with E-state index in [4.69, 9.17) is 9.25 Å². The van der Waals surface area contributed by atoms with Crippen LogP contribution in [-0.2, 0) is 41.2 Å². The third-order valence-electron chi connectivity index (χ3n) is 10.2. The molecule has 11 nitrogen and oxygen atoms in total. The Morgan fingerprint density at radius 3 is 2.41 bits per heavy atom. The topological polar surface area (TPSA) is 137 Å². The SMILES string of the molecule is CC[N+](CC)=c1ccc2cc3c(oc-2c1)/C(=C/C=C1/N(CCCCCC(=O)ON2C(=O)CCC2=O)c2ccc(S(=O)(=O)O)cc2C1(C)C)CCC3. The first kappa shape index (κ1) is 36.2. The van der Waals surface area contributed by atoms with Crippen molar-refractivity contribution in [1.29, 1.82) is 0 Å². The van der Waals surface area contributed by atoms with E-state index in [1.54, 1.807) is 12.1 Å². The molecule has 0 unspecified atom stereocenters. The van der Waals surface area contributed by atoms with Gasteiger partial charge in [-0.1, -0.05) is 26.3 Å². The fraction of sp³-hybridized carbons (Fsp3) is 0.436. The number of allylic oxidation sites excluding steroid dienone is 4. The molecule has 6 rings (SSSR count).